The number of fused-ring (bicyclic) bond motifs is 2. The van der Waals surface area contributed by atoms with Gasteiger partial charge >= 0.3 is 0 Å². The number of nitrogens with one attached hydrogen (secondary N) is 3. The van der Waals surface area contributed by atoms with Crippen molar-refractivity contribution in [2.75, 3.05) is 19.5 Å². The molecule has 10 heteroatoms. The van der Waals surface area contributed by atoms with Gasteiger partial charge in [0.15, 0.2) is 5.78 Å². The van der Waals surface area contributed by atoms with Crippen LogP contribution in [-0.2, 0) is 14.4 Å². The molecule has 3 N–H and O–H groups in total. The highest BCUT2D eigenvalue weighted by atomic mass is 35.5. The predicted octanol–water partition coefficient (Wildman–Crippen LogP) is 3.65. The summed E-state index contributed by atoms with van der Waals surface area (Å²) in [6.45, 7) is 6.29. The molecular weight excluding hydrogens is 532 g/mol. The number of alkyl halides is 1. The average molecular weight is 571 g/mol. The van der Waals surface area contributed by atoms with Crippen molar-refractivity contribution in [1.82, 2.24) is 20.5 Å². The van der Waals surface area contributed by atoms with Crippen molar-refractivity contribution < 1.29 is 23.9 Å². The fourth-order valence-electron chi connectivity index (χ4n) is 6.98. The van der Waals surface area contributed by atoms with Crippen LogP contribution in [0.3, 0.4) is 0 Å². The number of H-pyrrole nitrogens is 1. The molecule has 5 atom stereocenters. The Morgan fingerprint density at radius 2 is 1.88 bits per heavy atom. The van der Waals surface area contributed by atoms with E-state index in [0.29, 0.717) is 18.0 Å². The number of carbonyl (C=O) groups excluding carboxylic acids is 4. The lowest BCUT2D eigenvalue weighted by Gasteiger charge is -2.37. The number of aromatic amines is 1. The molecule has 0 spiro atoms. The second kappa shape index (κ2) is 11.1. The lowest BCUT2D eigenvalue weighted by Crippen LogP contribution is -2.59. The third kappa shape index (κ3) is 5.08. The van der Waals surface area contributed by atoms with Crippen molar-refractivity contribution in [1.29, 1.82) is 0 Å². The van der Waals surface area contributed by atoms with Crippen molar-refractivity contribution in [2.24, 2.45) is 23.2 Å². The summed E-state index contributed by atoms with van der Waals surface area (Å²) in [5, 5.41) is 6.63. The van der Waals surface area contributed by atoms with E-state index in [9.17, 15) is 19.2 Å². The van der Waals surface area contributed by atoms with E-state index in [0.717, 1.165) is 43.0 Å². The highest BCUT2D eigenvalue weighted by Gasteiger charge is 2.69. The van der Waals surface area contributed by atoms with Crippen LogP contribution in [0.15, 0.2) is 24.3 Å². The quantitative estimate of drug-likeness (QED) is 0.397. The number of ketones is 1. The summed E-state index contributed by atoms with van der Waals surface area (Å²) in [6.07, 6.45) is 4.76. The van der Waals surface area contributed by atoms with Crippen molar-refractivity contribution in [2.45, 2.75) is 71.0 Å². The molecule has 0 radical (unpaired) electrons. The molecule has 0 unspecified atom stereocenters. The smallest absolute Gasteiger partial charge is 0.268 e. The van der Waals surface area contributed by atoms with Gasteiger partial charge in [-0.2, -0.15) is 0 Å². The van der Waals surface area contributed by atoms with Gasteiger partial charge < -0.3 is 25.3 Å². The van der Waals surface area contributed by atoms with Gasteiger partial charge in [-0.1, -0.05) is 39.2 Å². The van der Waals surface area contributed by atoms with Gasteiger partial charge in [0.25, 0.3) is 5.91 Å². The highest BCUT2D eigenvalue weighted by Crippen LogP contribution is 2.65. The fourth-order valence-corrected chi connectivity index (χ4v) is 7.21. The molecule has 2 aliphatic carbocycles. The number of rotatable bonds is 9. The summed E-state index contributed by atoms with van der Waals surface area (Å²) >= 11 is 5.71. The first-order chi connectivity index (χ1) is 19.1. The molecule has 3 aliphatic rings. The molecule has 3 amide bonds. The predicted molar refractivity (Wildman–Crippen MR) is 152 cm³/mol. The topological polar surface area (TPSA) is 121 Å². The maximum Gasteiger partial charge on any atom is 0.268 e. The summed E-state index contributed by atoms with van der Waals surface area (Å²) < 4.78 is 5.44. The standard InChI is InChI=1S/C30H39ClN4O5/c1-16(22(36)14-31)32-28(38)26-24-19(30(24,2)3)15-35(26)29(39)25(17-9-6-5-7-10-17)34-27(37)21-13-18-20(33-21)11-8-12-23(18)40-4/h8,11-13,16-17,19,24-26,33H,5-7,9-10,14-15H2,1-4H3,(H,32,38)(H,34,37)/t16-,19-,24-,25-,26-/m0/s1. The number of hydrogen-bond donors (Lipinski definition) is 3. The van der Waals surface area contributed by atoms with Crippen LogP contribution in [0.1, 0.15) is 63.4 Å². The molecule has 1 aromatic heterocycles. The van der Waals surface area contributed by atoms with Crippen molar-refractivity contribution in [3.63, 3.8) is 0 Å². The maximum absolute atomic E-state index is 14.3. The van der Waals surface area contributed by atoms with Crippen LogP contribution in [0.4, 0.5) is 0 Å². The van der Waals surface area contributed by atoms with E-state index in [4.69, 9.17) is 16.3 Å². The van der Waals surface area contributed by atoms with Gasteiger partial charge in [-0.3, -0.25) is 19.2 Å². The maximum atomic E-state index is 14.3. The number of piperidine rings is 1. The molecule has 9 nitrogen and oxygen atoms in total. The van der Waals surface area contributed by atoms with Gasteiger partial charge in [0, 0.05) is 17.4 Å². The number of likely N-dealkylation sites (tertiary alicyclic amines) is 1. The second-order valence-electron chi connectivity index (χ2n) is 12.2. The molecule has 5 rings (SSSR count). The molecule has 216 valence electrons. The molecule has 0 bridgehead atoms. The van der Waals surface area contributed by atoms with E-state index in [1.165, 1.54) is 0 Å². The monoisotopic (exact) mass is 570 g/mol. The van der Waals surface area contributed by atoms with E-state index in [1.54, 1.807) is 25.0 Å². The summed E-state index contributed by atoms with van der Waals surface area (Å²) in [6, 6.07) is 5.11. The zero-order valence-corrected chi connectivity index (χ0v) is 24.3. The van der Waals surface area contributed by atoms with Gasteiger partial charge in [0.05, 0.1) is 19.0 Å². The number of Topliss-reactive ketones (excluding diaryl/α,β-unsaturated/α-hetero) is 1. The number of hydrogen-bond acceptors (Lipinski definition) is 5. The second-order valence-corrected chi connectivity index (χ2v) is 12.4. The zero-order chi connectivity index (χ0) is 28.8. The minimum Gasteiger partial charge on any atom is -0.496 e. The number of benzene rings is 1. The first kappa shape index (κ1) is 28.5. The van der Waals surface area contributed by atoms with Crippen LogP contribution in [0, 0.1) is 23.2 Å². The van der Waals surface area contributed by atoms with Crippen LogP contribution < -0.4 is 15.4 Å². The number of halogens is 1. The highest BCUT2D eigenvalue weighted by molar-refractivity contribution is 6.28. The van der Waals surface area contributed by atoms with Crippen LogP contribution in [0.2, 0.25) is 0 Å². The Morgan fingerprint density at radius 3 is 2.55 bits per heavy atom. The normalized spacial score (nSPS) is 25.1. The number of carbonyl (C=O) groups is 4. The number of nitrogens with zero attached hydrogens (tertiary/aromatic N) is 1. The summed E-state index contributed by atoms with van der Waals surface area (Å²) in [7, 11) is 1.58. The largest absolute Gasteiger partial charge is 0.496 e. The Hall–Kier alpha value is -3.07. The van der Waals surface area contributed by atoms with Crippen LogP contribution in [0.5, 0.6) is 5.75 Å². The van der Waals surface area contributed by atoms with E-state index < -0.39 is 18.1 Å². The number of aromatic nitrogens is 1. The Kier molecular flexibility index (Phi) is 7.88. The van der Waals surface area contributed by atoms with Crippen LogP contribution in [0.25, 0.3) is 10.9 Å². The summed E-state index contributed by atoms with van der Waals surface area (Å²) in [5.74, 6) is -0.580. The molecule has 1 saturated heterocycles. The number of ether oxygens (including phenoxy) is 1. The SMILES string of the molecule is COc1cccc2[nH]c(C(=O)N[C@H](C(=O)N3C[C@H]4[C@@H]([C@H]3C(=O)N[C@@H](C)C(=O)CCl)C4(C)C)C3CCCCC3)cc12. The van der Waals surface area contributed by atoms with E-state index in [-0.39, 0.29) is 52.6 Å². The third-order valence-corrected chi connectivity index (χ3v) is 9.76. The molecule has 1 aromatic carbocycles. The summed E-state index contributed by atoms with van der Waals surface area (Å²) in [5.41, 5.74) is 1.04. The average Bonchev–Trinajstić information content (AvgIpc) is 3.34. The van der Waals surface area contributed by atoms with Gasteiger partial charge in [0.2, 0.25) is 11.8 Å². The number of methoxy groups -OCH3 is 1. The zero-order valence-electron chi connectivity index (χ0n) is 23.6. The van der Waals surface area contributed by atoms with Gasteiger partial charge in [0.1, 0.15) is 23.5 Å². The van der Waals surface area contributed by atoms with Gasteiger partial charge in [-0.25, -0.2) is 0 Å². The molecule has 2 heterocycles. The first-order valence-corrected chi connectivity index (χ1v) is 14.8. The van der Waals surface area contributed by atoms with E-state index in [1.807, 2.05) is 18.2 Å². The molecule has 2 saturated carbocycles. The lowest BCUT2D eigenvalue weighted by molar-refractivity contribution is -0.143. The molecular formula is C30H39ClN4O5. The Labute approximate surface area is 239 Å². The Morgan fingerprint density at radius 1 is 1.15 bits per heavy atom. The van der Waals surface area contributed by atoms with E-state index in [2.05, 4.69) is 29.5 Å². The van der Waals surface area contributed by atoms with Crippen LogP contribution >= 0.6 is 11.6 Å². The Balaban J connectivity index is 1.40. The van der Waals surface area contributed by atoms with E-state index >= 15 is 0 Å². The molecule has 40 heavy (non-hydrogen) atoms. The van der Waals surface area contributed by atoms with Gasteiger partial charge in [-0.05, 0) is 61.1 Å². The van der Waals surface area contributed by atoms with Gasteiger partial charge in [-0.15, -0.1) is 11.6 Å². The minimum absolute atomic E-state index is 0.00127. The molecule has 3 fully saturated rings. The molecule has 2 aromatic rings. The lowest BCUT2D eigenvalue weighted by atomic mass is 9.83. The van der Waals surface area contributed by atoms with Crippen molar-refractivity contribution >= 4 is 46.0 Å². The van der Waals surface area contributed by atoms with Crippen molar-refractivity contribution in [3.8, 4) is 5.75 Å². The molecule has 1 aliphatic heterocycles. The Bertz CT molecular complexity index is 1320. The van der Waals surface area contributed by atoms with Crippen molar-refractivity contribution in [3.05, 3.63) is 30.0 Å². The fraction of sp³-hybridized carbons (Fsp3) is 0.600. The summed E-state index contributed by atoms with van der Waals surface area (Å²) in [4.78, 5) is 58.2. The van der Waals surface area contributed by atoms with Crippen LogP contribution in [-0.4, -0.2) is 71.0 Å². The first-order valence-electron chi connectivity index (χ1n) is 14.2. The third-order valence-electron chi connectivity index (χ3n) is 9.50. The number of amides is 3. The minimum atomic E-state index is -0.751.